The zero-order valence-corrected chi connectivity index (χ0v) is 10.5. The third-order valence-electron chi connectivity index (χ3n) is 2.54. The Labute approximate surface area is 116 Å². The van der Waals surface area contributed by atoms with Gasteiger partial charge in [0.15, 0.2) is 0 Å². The molecule has 2 rings (SSSR count). The molecule has 2 aromatic rings. The molecule has 0 aliphatic heterocycles. The standard InChI is InChI=1S/C16H11FN2O/c17-14-5-1-3-12(9-14)7-8-16(20)19-15-6-2-4-13(10-15)11-18/h1-10H,(H,19,20)/b8-7+. The van der Waals surface area contributed by atoms with Crippen molar-refractivity contribution in [1.29, 1.82) is 5.26 Å². The second-order valence-corrected chi connectivity index (χ2v) is 4.07. The van der Waals surface area contributed by atoms with E-state index in [0.29, 0.717) is 16.8 Å². The predicted octanol–water partition coefficient (Wildman–Crippen LogP) is 3.35. The first kappa shape index (κ1) is 13.5. The summed E-state index contributed by atoms with van der Waals surface area (Å²) in [5.74, 6) is -0.696. The third-order valence-corrected chi connectivity index (χ3v) is 2.54. The zero-order chi connectivity index (χ0) is 14.4. The molecule has 1 amide bonds. The van der Waals surface area contributed by atoms with E-state index in [2.05, 4.69) is 5.32 Å². The largest absolute Gasteiger partial charge is 0.322 e. The number of carbonyl (C=O) groups is 1. The van der Waals surface area contributed by atoms with E-state index in [1.165, 1.54) is 24.3 Å². The number of amides is 1. The molecular weight excluding hydrogens is 255 g/mol. The molecule has 0 aliphatic rings. The van der Waals surface area contributed by atoms with Crippen LogP contribution in [0, 0.1) is 17.1 Å². The van der Waals surface area contributed by atoms with Crippen LogP contribution in [-0.2, 0) is 4.79 Å². The Kier molecular flexibility index (Phi) is 4.25. The van der Waals surface area contributed by atoms with Crippen LogP contribution >= 0.6 is 0 Å². The Bertz CT molecular complexity index is 702. The molecule has 0 heterocycles. The summed E-state index contributed by atoms with van der Waals surface area (Å²) in [6.45, 7) is 0. The number of rotatable bonds is 3. The molecule has 0 fully saturated rings. The molecule has 0 radical (unpaired) electrons. The first-order chi connectivity index (χ1) is 9.67. The number of nitriles is 1. The Morgan fingerprint density at radius 3 is 2.75 bits per heavy atom. The fraction of sp³-hybridized carbons (Fsp3) is 0. The lowest BCUT2D eigenvalue weighted by molar-refractivity contribution is -0.111. The van der Waals surface area contributed by atoms with Crippen molar-refractivity contribution < 1.29 is 9.18 Å². The normalized spacial score (nSPS) is 10.2. The lowest BCUT2D eigenvalue weighted by atomic mass is 10.2. The predicted molar refractivity (Wildman–Crippen MR) is 75.2 cm³/mol. The molecule has 98 valence electrons. The molecule has 2 aromatic carbocycles. The minimum Gasteiger partial charge on any atom is -0.322 e. The quantitative estimate of drug-likeness (QED) is 0.866. The molecule has 20 heavy (non-hydrogen) atoms. The van der Waals surface area contributed by atoms with Gasteiger partial charge < -0.3 is 5.32 Å². The fourth-order valence-electron chi connectivity index (χ4n) is 1.63. The van der Waals surface area contributed by atoms with E-state index < -0.39 is 0 Å². The van der Waals surface area contributed by atoms with E-state index in [0.717, 1.165) is 0 Å². The number of carbonyl (C=O) groups excluding carboxylic acids is 1. The number of nitrogens with zero attached hydrogens (tertiary/aromatic N) is 1. The van der Waals surface area contributed by atoms with E-state index in [1.807, 2.05) is 6.07 Å². The second-order valence-electron chi connectivity index (χ2n) is 4.07. The van der Waals surface area contributed by atoms with E-state index in [-0.39, 0.29) is 11.7 Å². The highest BCUT2D eigenvalue weighted by Crippen LogP contribution is 2.10. The van der Waals surface area contributed by atoms with E-state index in [9.17, 15) is 9.18 Å². The van der Waals surface area contributed by atoms with E-state index >= 15 is 0 Å². The van der Waals surface area contributed by atoms with Crippen LogP contribution in [0.5, 0.6) is 0 Å². The third kappa shape index (κ3) is 3.79. The number of anilines is 1. The van der Waals surface area contributed by atoms with Crippen molar-refractivity contribution >= 4 is 17.7 Å². The summed E-state index contributed by atoms with van der Waals surface area (Å²) in [5.41, 5.74) is 1.61. The van der Waals surface area contributed by atoms with Crippen molar-refractivity contribution in [3.05, 3.63) is 71.6 Å². The van der Waals surface area contributed by atoms with Crippen molar-refractivity contribution in [3.8, 4) is 6.07 Å². The van der Waals surface area contributed by atoms with Crippen LogP contribution in [-0.4, -0.2) is 5.91 Å². The molecule has 0 saturated carbocycles. The Morgan fingerprint density at radius 2 is 2.00 bits per heavy atom. The summed E-state index contributed by atoms with van der Waals surface area (Å²) in [5, 5.41) is 11.4. The molecule has 0 aromatic heterocycles. The zero-order valence-electron chi connectivity index (χ0n) is 10.5. The number of benzene rings is 2. The highest BCUT2D eigenvalue weighted by Gasteiger charge is 1.99. The van der Waals surface area contributed by atoms with Crippen molar-refractivity contribution in [2.75, 3.05) is 5.32 Å². The maximum Gasteiger partial charge on any atom is 0.248 e. The van der Waals surface area contributed by atoms with Crippen molar-refractivity contribution in [3.63, 3.8) is 0 Å². The molecule has 0 atom stereocenters. The summed E-state index contributed by atoms with van der Waals surface area (Å²) >= 11 is 0. The first-order valence-corrected chi connectivity index (χ1v) is 5.92. The maximum absolute atomic E-state index is 13.0. The van der Waals surface area contributed by atoms with Crippen molar-refractivity contribution in [2.24, 2.45) is 0 Å². The lowest BCUT2D eigenvalue weighted by Crippen LogP contribution is -2.07. The van der Waals surface area contributed by atoms with Crippen LogP contribution in [0.15, 0.2) is 54.6 Å². The molecule has 0 spiro atoms. The van der Waals surface area contributed by atoms with Crippen LogP contribution in [0.25, 0.3) is 6.08 Å². The van der Waals surface area contributed by atoms with Crippen LogP contribution in [0.3, 0.4) is 0 Å². The van der Waals surface area contributed by atoms with Gasteiger partial charge in [-0.05, 0) is 42.0 Å². The van der Waals surface area contributed by atoms with Crippen LogP contribution in [0.1, 0.15) is 11.1 Å². The van der Waals surface area contributed by atoms with Crippen molar-refractivity contribution in [1.82, 2.24) is 0 Å². The van der Waals surface area contributed by atoms with Crippen molar-refractivity contribution in [2.45, 2.75) is 0 Å². The minimum absolute atomic E-state index is 0.343. The summed E-state index contributed by atoms with van der Waals surface area (Å²) in [4.78, 5) is 11.7. The number of hydrogen-bond donors (Lipinski definition) is 1. The van der Waals surface area contributed by atoms with Gasteiger partial charge >= 0.3 is 0 Å². The smallest absolute Gasteiger partial charge is 0.248 e. The second kappa shape index (κ2) is 6.30. The van der Waals surface area contributed by atoms with Gasteiger partial charge in [0.25, 0.3) is 0 Å². The van der Waals surface area contributed by atoms with Gasteiger partial charge in [-0.15, -0.1) is 0 Å². The lowest BCUT2D eigenvalue weighted by Gasteiger charge is -2.01. The van der Waals surface area contributed by atoms with Gasteiger partial charge in [0, 0.05) is 11.8 Å². The monoisotopic (exact) mass is 266 g/mol. The summed E-state index contributed by atoms with van der Waals surface area (Å²) < 4.78 is 13.0. The van der Waals surface area contributed by atoms with Gasteiger partial charge in [-0.3, -0.25) is 4.79 Å². The van der Waals surface area contributed by atoms with Gasteiger partial charge in [-0.2, -0.15) is 5.26 Å². The topological polar surface area (TPSA) is 52.9 Å². The summed E-state index contributed by atoms with van der Waals surface area (Å²) in [6.07, 6.45) is 2.83. The van der Waals surface area contributed by atoms with E-state index in [1.54, 1.807) is 36.4 Å². The molecule has 0 saturated heterocycles. The number of nitrogens with one attached hydrogen (secondary N) is 1. The Morgan fingerprint density at radius 1 is 1.20 bits per heavy atom. The SMILES string of the molecule is N#Cc1cccc(NC(=O)/C=C/c2cccc(F)c2)c1. The molecule has 0 aliphatic carbocycles. The molecule has 3 nitrogen and oxygen atoms in total. The highest BCUT2D eigenvalue weighted by atomic mass is 19.1. The van der Waals surface area contributed by atoms with Gasteiger partial charge in [-0.25, -0.2) is 4.39 Å². The van der Waals surface area contributed by atoms with Crippen LogP contribution in [0.2, 0.25) is 0 Å². The summed E-state index contributed by atoms with van der Waals surface area (Å²) in [7, 11) is 0. The minimum atomic E-state index is -0.353. The maximum atomic E-state index is 13.0. The molecule has 0 unspecified atom stereocenters. The van der Waals surface area contributed by atoms with Gasteiger partial charge in [0.2, 0.25) is 5.91 Å². The van der Waals surface area contributed by atoms with Crippen LogP contribution < -0.4 is 5.32 Å². The molecular formula is C16H11FN2O. The first-order valence-electron chi connectivity index (χ1n) is 5.92. The van der Waals surface area contributed by atoms with Gasteiger partial charge in [0.05, 0.1) is 11.6 Å². The molecule has 1 N–H and O–H groups in total. The molecule has 0 bridgehead atoms. The van der Waals surface area contributed by atoms with Crippen LogP contribution in [0.4, 0.5) is 10.1 Å². The Hall–Kier alpha value is -2.93. The average Bonchev–Trinajstić information content (AvgIpc) is 2.45. The average molecular weight is 266 g/mol. The van der Waals surface area contributed by atoms with Gasteiger partial charge in [0.1, 0.15) is 5.82 Å². The Balaban J connectivity index is 2.04. The van der Waals surface area contributed by atoms with Gasteiger partial charge in [-0.1, -0.05) is 18.2 Å². The fourth-order valence-corrected chi connectivity index (χ4v) is 1.63. The molecule has 4 heteroatoms. The number of halogens is 1. The number of hydrogen-bond acceptors (Lipinski definition) is 2. The van der Waals surface area contributed by atoms with E-state index in [4.69, 9.17) is 5.26 Å². The highest BCUT2D eigenvalue weighted by molar-refractivity contribution is 6.01. The summed E-state index contributed by atoms with van der Waals surface area (Å²) in [6, 6.07) is 14.5.